The van der Waals surface area contributed by atoms with E-state index in [4.69, 9.17) is 0 Å². The average molecular weight is 387 g/mol. The zero-order valence-electron chi connectivity index (χ0n) is 17.9. The summed E-state index contributed by atoms with van der Waals surface area (Å²) in [5.74, 6) is 0. The summed E-state index contributed by atoms with van der Waals surface area (Å²) < 4.78 is 0. The largest absolute Gasteiger partial charge is 0.0999 e. The van der Waals surface area contributed by atoms with Gasteiger partial charge in [-0.15, -0.1) is 0 Å². The van der Waals surface area contributed by atoms with Crippen molar-refractivity contribution in [2.75, 3.05) is 13.3 Å². The fourth-order valence-electron chi connectivity index (χ4n) is 2.63. The molecule has 0 aliphatic carbocycles. The summed E-state index contributed by atoms with van der Waals surface area (Å²) in [6.45, 7) is 19.0. The Morgan fingerprint density at radius 1 is 0.538 bits per heavy atom. The lowest BCUT2D eigenvalue weighted by molar-refractivity contribution is 0.782. The van der Waals surface area contributed by atoms with Crippen molar-refractivity contribution in [2.45, 2.75) is 64.2 Å². The molecule has 0 aromatic heterocycles. The average Bonchev–Trinajstić information content (AvgIpc) is 2.54. The number of hydrogen-bond acceptors (Lipinski definition) is 0. The third kappa shape index (κ3) is 6.18. The number of rotatable bonds is 5. The molecule has 0 fully saturated rings. The molecule has 142 valence electrons. The van der Waals surface area contributed by atoms with Crippen LogP contribution in [0, 0.1) is 0 Å². The van der Waals surface area contributed by atoms with Crippen LogP contribution in [0.15, 0.2) is 48.5 Å². The van der Waals surface area contributed by atoms with Crippen LogP contribution in [0.1, 0.15) is 52.7 Å². The van der Waals surface area contributed by atoms with Crippen LogP contribution in [0.5, 0.6) is 0 Å². The molecule has 2 rings (SSSR count). The van der Waals surface area contributed by atoms with Crippen molar-refractivity contribution in [1.82, 2.24) is 0 Å². The second kappa shape index (κ2) is 8.54. The molecule has 0 heterocycles. The maximum atomic E-state index is 2.42. The predicted molar refractivity (Wildman–Crippen MR) is 124 cm³/mol. The van der Waals surface area contributed by atoms with E-state index in [0.717, 1.165) is 0 Å². The van der Waals surface area contributed by atoms with Gasteiger partial charge in [-0.3, -0.25) is 0 Å². The molecule has 0 nitrogen and oxygen atoms in total. The number of hydrogen-bond donors (Lipinski definition) is 0. The Hall–Kier alpha value is -0.700. The van der Waals surface area contributed by atoms with Gasteiger partial charge in [-0.2, -0.15) is 0 Å². The van der Waals surface area contributed by atoms with E-state index in [0.29, 0.717) is 10.3 Å². The van der Waals surface area contributed by atoms with Crippen LogP contribution in [0.3, 0.4) is 0 Å². The third-order valence-corrected chi connectivity index (χ3v) is 11.6. The van der Waals surface area contributed by atoms with Gasteiger partial charge in [0.2, 0.25) is 0 Å². The highest BCUT2D eigenvalue weighted by Gasteiger charge is 2.20. The van der Waals surface area contributed by atoms with Gasteiger partial charge in [-0.05, 0) is 58.2 Å². The molecule has 0 saturated heterocycles. The van der Waals surface area contributed by atoms with Crippen molar-refractivity contribution in [2.24, 2.45) is 0 Å². The Kier molecular flexibility index (Phi) is 7.10. The molecule has 2 aromatic rings. The molecule has 0 saturated carbocycles. The molecular formula is C24H36P2. The van der Waals surface area contributed by atoms with Crippen molar-refractivity contribution in [3.05, 3.63) is 59.7 Å². The molecular weight excluding hydrogens is 350 g/mol. The van der Waals surface area contributed by atoms with E-state index >= 15 is 0 Å². The highest BCUT2D eigenvalue weighted by Crippen LogP contribution is 2.49. The van der Waals surface area contributed by atoms with E-state index < -0.39 is 0 Å². The van der Waals surface area contributed by atoms with Crippen LogP contribution in [0.4, 0.5) is 0 Å². The summed E-state index contributed by atoms with van der Waals surface area (Å²) in [5.41, 5.74) is 5.59. The maximum absolute atomic E-state index is 2.42. The van der Waals surface area contributed by atoms with Crippen LogP contribution in [0.2, 0.25) is 0 Å². The van der Waals surface area contributed by atoms with Gasteiger partial charge in [0.1, 0.15) is 0 Å². The molecule has 0 radical (unpaired) electrons. The van der Waals surface area contributed by atoms with Gasteiger partial charge in [0, 0.05) is 0 Å². The summed E-state index contributed by atoms with van der Waals surface area (Å²) in [7, 11) is 0.0347. The van der Waals surface area contributed by atoms with Gasteiger partial charge in [-0.1, -0.05) is 106 Å². The smallest absolute Gasteiger partial charge is 0.00709 e. The first kappa shape index (κ1) is 21.6. The van der Waals surface area contributed by atoms with Gasteiger partial charge in [0.25, 0.3) is 0 Å². The molecule has 0 N–H and O–H groups in total. The first-order valence-corrected chi connectivity index (χ1v) is 13.5. The molecule has 0 aliphatic heterocycles. The van der Waals surface area contributed by atoms with Crippen LogP contribution < -0.4 is 0 Å². The predicted octanol–water partition coefficient (Wildman–Crippen LogP) is 8.17. The van der Waals surface area contributed by atoms with E-state index in [1.165, 1.54) is 34.6 Å². The molecule has 2 heteroatoms. The zero-order valence-corrected chi connectivity index (χ0v) is 19.7. The molecule has 0 aliphatic rings. The van der Waals surface area contributed by atoms with E-state index in [9.17, 15) is 0 Å². The Bertz CT molecular complexity index is 621. The number of benzene rings is 2. The lowest BCUT2D eigenvalue weighted by atomic mass is 10.0. The minimum Gasteiger partial charge on any atom is -0.0999 e. The third-order valence-electron chi connectivity index (χ3n) is 5.37. The highest BCUT2D eigenvalue weighted by molar-refractivity contribution is 7.57. The summed E-state index contributed by atoms with van der Waals surface area (Å²) in [5, 5.41) is 0.852. The van der Waals surface area contributed by atoms with Crippen molar-refractivity contribution in [3.63, 3.8) is 0 Å². The van der Waals surface area contributed by atoms with Crippen LogP contribution in [0.25, 0.3) is 11.1 Å². The second-order valence-corrected chi connectivity index (χ2v) is 15.6. The SMILES string of the molecule is CP(Cc1ccc(-c2ccc(CP(C)C(C)(C)C)cc2)cc1)C(C)(C)C. The van der Waals surface area contributed by atoms with Gasteiger partial charge < -0.3 is 0 Å². The zero-order chi connectivity index (χ0) is 19.5. The van der Waals surface area contributed by atoms with Gasteiger partial charge in [0.15, 0.2) is 0 Å². The van der Waals surface area contributed by atoms with Crippen LogP contribution in [-0.4, -0.2) is 23.6 Å². The minimum atomic E-state index is 0.0173. The van der Waals surface area contributed by atoms with Crippen LogP contribution >= 0.6 is 15.8 Å². The lowest BCUT2D eigenvalue weighted by Gasteiger charge is -2.28. The minimum absolute atomic E-state index is 0.0173. The molecule has 0 spiro atoms. The first-order chi connectivity index (χ1) is 12.0. The summed E-state index contributed by atoms with van der Waals surface area (Å²) >= 11 is 0. The van der Waals surface area contributed by atoms with E-state index in [1.807, 2.05) is 0 Å². The second-order valence-electron chi connectivity index (χ2n) is 9.45. The fraction of sp³-hybridized carbons (Fsp3) is 0.500. The normalized spacial score (nSPS) is 14.9. The molecule has 0 bridgehead atoms. The van der Waals surface area contributed by atoms with Gasteiger partial charge >= 0.3 is 0 Å². The van der Waals surface area contributed by atoms with Crippen molar-refractivity contribution in [3.8, 4) is 11.1 Å². The van der Waals surface area contributed by atoms with Crippen molar-refractivity contribution >= 4 is 15.8 Å². The standard InChI is InChI=1S/C24H36P2/c1-23(2,3)25(7)17-19-9-13-21(14-10-19)22-15-11-20(12-16-22)18-26(8)24(4,5)6/h9-16H,17-18H2,1-8H3. The van der Waals surface area contributed by atoms with Crippen LogP contribution in [-0.2, 0) is 12.3 Å². The molecule has 0 amide bonds. The summed E-state index contributed by atoms with van der Waals surface area (Å²) in [6.07, 6.45) is 2.43. The van der Waals surface area contributed by atoms with E-state index in [-0.39, 0.29) is 15.8 Å². The summed E-state index contributed by atoms with van der Waals surface area (Å²) in [4.78, 5) is 0. The Balaban J connectivity index is 2.05. The molecule has 2 unspecified atom stereocenters. The van der Waals surface area contributed by atoms with Crippen molar-refractivity contribution in [1.29, 1.82) is 0 Å². The van der Waals surface area contributed by atoms with E-state index in [2.05, 4.69) is 103 Å². The Labute approximate surface area is 164 Å². The molecule has 2 aromatic carbocycles. The Morgan fingerprint density at radius 2 is 0.808 bits per heavy atom. The van der Waals surface area contributed by atoms with Gasteiger partial charge in [-0.25, -0.2) is 0 Å². The highest BCUT2D eigenvalue weighted by atomic mass is 31.1. The Morgan fingerprint density at radius 3 is 1.04 bits per heavy atom. The maximum Gasteiger partial charge on any atom is -0.00709 e. The van der Waals surface area contributed by atoms with Gasteiger partial charge in [0.05, 0.1) is 0 Å². The lowest BCUT2D eigenvalue weighted by Crippen LogP contribution is -2.11. The summed E-state index contributed by atoms with van der Waals surface area (Å²) in [6, 6.07) is 18.4. The monoisotopic (exact) mass is 386 g/mol. The van der Waals surface area contributed by atoms with Crippen molar-refractivity contribution < 1.29 is 0 Å². The fourth-order valence-corrected chi connectivity index (χ4v) is 5.09. The van der Waals surface area contributed by atoms with E-state index in [1.54, 1.807) is 0 Å². The quantitative estimate of drug-likeness (QED) is 0.455. The molecule has 2 atom stereocenters. The topological polar surface area (TPSA) is 0 Å². The first-order valence-electron chi connectivity index (χ1n) is 9.57. The molecule has 26 heavy (non-hydrogen) atoms.